The van der Waals surface area contributed by atoms with Crippen LogP contribution in [0.15, 0.2) is 42.5 Å². The standard InChI is InChI=1S/C24H35NO3/c1-17(2)22(20-8-10-21(11-9-20)28-18(3)4)13-14-25-16-19-7-12-23(26-5)24(15-19)27-6/h7-12,15,17-18,22,25H,13-14,16H2,1-6H3/t22-/m1/s1. The SMILES string of the molecule is COc1ccc(CNCC[C@@H](c2ccc(OC(C)C)cc2)C(C)C)cc1OC. The van der Waals surface area contributed by atoms with E-state index >= 15 is 0 Å². The number of nitrogens with one attached hydrogen (secondary N) is 1. The minimum atomic E-state index is 0.201. The van der Waals surface area contributed by atoms with Gasteiger partial charge in [-0.05, 0) is 74.0 Å². The summed E-state index contributed by atoms with van der Waals surface area (Å²) in [6.45, 7) is 10.5. The van der Waals surface area contributed by atoms with Crippen molar-refractivity contribution in [2.75, 3.05) is 20.8 Å². The Balaban J connectivity index is 1.90. The van der Waals surface area contributed by atoms with E-state index in [9.17, 15) is 0 Å². The Bertz CT molecular complexity index is 710. The molecule has 0 saturated carbocycles. The molecule has 2 rings (SSSR count). The van der Waals surface area contributed by atoms with Crippen LogP contribution in [0.3, 0.4) is 0 Å². The van der Waals surface area contributed by atoms with Crippen LogP contribution in [-0.2, 0) is 6.54 Å². The lowest BCUT2D eigenvalue weighted by atomic mass is 9.86. The summed E-state index contributed by atoms with van der Waals surface area (Å²) < 4.78 is 16.4. The second kappa shape index (κ2) is 11.0. The van der Waals surface area contributed by atoms with Gasteiger partial charge in [0.1, 0.15) is 5.75 Å². The number of hydrogen-bond donors (Lipinski definition) is 1. The third-order valence-electron chi connectivity index (χ3n) is 4.89. The van der Waals surface area contributed by atoms with Crippen molar-refractivity contribution < 1.29 is 14.2 Å². The Labute approximate surface area is 170 Å². The predicted molar refractivity (Wildman–Crippen MR) is 116 cm³/mol. The summed E-state index contributed by atoms with van der Waals surface area (Å²) in [5.74, 6) is 3.57. The summed E-state index contributed by atoms with van der Waals surface area (Å²) in [6, 6.07) is 14.6. The van der Waals surface area contributed by atoms with E-state index in [0.717, 1.165) is 36.8 Å². The number of benzene rings is 2. The van der Waals surface area contributed by atoms with Crippen molar-refractivity contribution in [1.82, 2.24) is 5.32 Å². The third kappa shape index (κ3) is 6.45. The van der Waals surface area contributed by atoms with Crippen LogP contribution in [0.1, 0.15) is 51.2 Å². The first-order valence-corrected chi connectivity index (χ1v) is 10.1. The lowest BCUT2D eigenvalue weighted by Gasteiger charge is -2.22. The number of hydrogen-bond acceptors (Lipinski definition) is 4. The molecule has 154 valence electrons. The van der Waals surface area contributed by atoms with Gasteiger partial charge < -0.3 is 19.5 Å². The summed E-state index contributed by atoms with van der Waals surface area (Å²) in [4.78, 5) is 0. The van der Waals surface area contributed by atoms with Gasteiger partial charge in [-0.15, -0.1) is 0 Å². The van der Waals surface area contributed by atoms with Crippen molar-refractivity contribution in [3.05, 3.63) is 53.6 Å². The summed E-state index contributed by atoms with van der Waals surface area (Å²) >= 11 is 0. The fraction of sp³-hybridized carbons (Fsp3) is 0.500. The molecule has 0 saturated heterocycles. The normalized spacial score (nSPS) is 12.3. The van der Waals surface area contributed by atoms with Crippen molar-refractivity contribution in [2.24, 2.45) is 5.92 Å². The molecular weight excluding hydrogens is 350 g/mol. The van der Waals surface area contributed by atoms with Gasteiger partial charge in [0.15, 0.2) is 11.5 Å². The lowest BCUT2D eigenvalue weighted by Crippen LogP contribution is -2.19. The van der Waals surface area contributed by atoms with Gasteiger partial charge in [0.25, 0.3) is 0 Å². The zero-order valence-corrected chi connectivity index (χ0v) is 18.1. The molecule has 2 aromatic carbocycles. The van der Waals surface area contributed by atoms with Gasteiger partial charge in [0.2, 0.25) is 0 Å². The zero-order chi connectivity index (χ0) is 20.5. The summed E-state index contributed by atoms with van der Waals surface area (Å²) in [6.07, 6.45) is 1.29. The van der Waals surface area contributed by atoms with Gasteiger partial charge >= 0.3 is 0 Å². The van der Waals surface area contributed by atoms with E-state index in [1.165, 1.54) is 11.1 Å². The van der Waals surface area contributed by atoms with E-state index in [-0.39, 0.29) is 6.10 Å². The molecule has 0 aromatic heterocycles. The van der Waals surface area contributed by atoms with Crippen LogP contribution in [0.2, 0.25) is 0 Å². The summed E-state index contributed by atoms with van der Waals surface area (Å²) in [5.41, 5.74) is 2.56. The lowest BCUT2D eigenvalue weighted by molar-refractivity contribution is 0.242. The molecule has 0 bridgehead atoms. The van der Waals surface area contributed by atoms with Gasteiger partial charge in [-0.25, -0.2) is 0 Å². The van der Waals surface area contributed by atoms with Crippen LogP contribution in [0.5, 0.6) is 17.2 Å². The number of rotatable bonds is 11. The average molecular weight is 386 g/mol. The van der Waals surface area contributed by atoms with Gasteiger partial charge in [-0.1, -0.05) is 32.0 Å². The van der Waals surface area contributed by atoms with E-state index in [2.05, 4.69) is 63.3 Å². The maximum absolute atomic E-state index is 5.76. The maximum atomic E-state index is 5.76. The fourth-order valence-corrected chi connectivity index (χ4v) is 3.43. The van der Waals surface area contributed by atoms with Crippen LogP contribution >= 0.6 is 0 Å². The van der Waals surface area contributed by atoms with E-state index in [0.29, 0.717) is 11.8 Å². The van der Waals surface area contributed by atoms with Crippen LogP contribution in [0.4, 0.5) is 0 Å². The molecule has 0 heterocycles. The van der Waals surface area contributed by atoms with Crippen LogP contribution in [-0.4, -0.2) is 26.9 Å². The Morgan fingerprint density at radius 3 is 2.11 bits per heavy atom. The van der Waals surface area contributed by atoms with Gasteiger partial charge in [-0.2, -0.15) is 0 Å². The first-order chi connectivity index (χ1) is 13.4. The topological polar surface area (TPSA) is 39.7 Å². The molecule has 0 unspecified atom stereocenters. The quantitative estimate of drug-likeness (QED) is 0.525. The van der Waals surface area contributed by atoms with Crippen LogP contribution < -0.4 is 19.5 Å². The van der Waals surface area contributed by atoms with Crippen LogP contribution in [0, 0.1) is 5.92 Å². The molecule has 0 aliphatic heterocycles. The van der Waals surface area contributed by atoms with Gasteiger partial charge in [0.05, 0.1) is 20.3 Å². The van der Waals surface area contributed by atoms with Gasteiger partial charge in [-0.3, -0.25) is 0 Å². The average Bonchev–Trinajstić information content (AvgIpc) is 2.68. The Hall–Kier alpha value is -2.20. The second-order valence-electron chi connectivity index (χ2n) is 7.74. The molecule has 4 nitrogen and oxygen atoms in total. The Morgan fingerprint density at radius 2 is 1.54 bits per heavy atom. The molecule has 1 N–H and O–H groups in total. The largest absolute Gasteiger partial charge is 0.493 e. The van der Waals surface area contributed by atoms with E-state index in [1.54, 1.807) is 14.2 Å². The molecule has 0 amide bonds. The number of methoxy groups -OCH3 is 2. The molecule has 2 aromatic rings. The molecule has 0 fully saturated rings. The monoisotopic (exact) mass is 385 g/mol. The Morgan fingerprint density at radius 1 is 0.857 bits per heavy atom. The van der Waals surface area contributed by atoms with E-state index < -0.39 is 0 Å². The Kier molecular flexibility index (Phi) is 8.65. The molecule has 4 heteroatoms. The zero-order valence-electron chi connectivity index (χ0n) is 18.1. The van der Waals surface area contributed by atoms with E-state index in [1.807, 2.05) is 12.1 Å². The summed E-state index contributed by atoms with van der Waals surface area (Å²) in [5, 5.41) is 3.56. The first kappa shape index (κ1) is 22.1. The molecule has 28 heavy (non-hydrogen) atoms. The molecular formula is C24H35NO3. The fourth-order valence-electron chi connectivity index (χ4n) is 3.43. The van der Waals surface area contributed by atoms with Crippen molar-refractivity contribution >= 4 is 0 Å². The molecule has 1 atom stereocenters. The van der Waals surface area contributed by atoms with Crippen LogP contribution in [0.25, 0.3) is 0 Å². The highest BCUT2D eigenvalue weighted by Gasteiger charge is 2.16. The molecule has 0 spiro atoms. The predicted octanol–water partition coefficient (Wildman–Crippen LogP) is 5.41. The first-order valence-electron chi connectivity index (χ1n) is 10.1. The molecule has 0 radical (unpaired) electrons. The second-order valence-corrected chi connectivity index (χ2v) is 7.74. The van der Waals surface area contributed by atoms with Crippen molar-refractivity contribution in [3.63, 3.8) is 0 Å². The van der Waals surface area contributed by atoms with Crippen molar-refractivity contribution in [2.45, 2.75) is 52.7 Å². The van der Waals surface area contributed by atoms with Gasteiger partial charge in [0, 0.05) is 6.54 Å². The molecule has 0 aliphatic carbocycles. The highest BCUT2D eigenvalue weighted by Crippen LogP contribution is 2.30. The number of ether oxygens (including phenoxy) is 3. The van der Waals surface area contributed by atoms with Crippen molar-refractivity contribution in [3.8, 4) is 17.2 Å². The third-order valence-corrected chi connectivity index (χ3v) is 4.89. The molecule has 0 aliphatic rings. The van der Waals surface area contributed by atoms with Crippen molar-refractivity contribution in [1.29, 1.82) is 0 Å². The highest BCUT2D eigenvalue weighted by atomic mass is 16.5. The maximum Gasteiger partial charge on any atom is 0.161 e. The summed E-state index contributed by atoms with van der Waals surface area (Å²) in [7, 11) is 3.32. The smallest absolute Gasteiger partial charge is 0.161 e. The highest BCUT2D eigenvalue weighted by molar-refractivity contribution is 5.42. The minimum Gasteiger partial charge on any atom is -0.493 e. The van der Waals surface area contributed by atoms with E-state index in [4.69, 9.17) is 14.2 Å². The minimum absolute atomic E-state index is 0.201.